The minimum atomic E-state index is -0.147. The molecule has 0 fully saturated rings. The summed E-state index contributed by atoms with van der Waals surface area (Å²) < 4.78 is 5.71. The molecule has 0 atom stereocenters. The number of amides is 2. The van der Waals surface area contributed by atoms with Gasteiger partial charge in [0.25, 0.3) is 5.91 Å². The van der Waals surface area contributed by atoms with Crippen LogP contribution in [0.2, 0.25) is 0 Å². The average molecular weight is 392 g/mol. The van der Waals surface area contributed by atoms with Gasteiger partial charge >= 0.3 is 0 Å². The molecular weight excluding hydrogens is 364 g/mol. The van der Waals surface area contributed by atoms with Crippen LogP contribution in [0.5, 0.6) is 5.75 Å². The Hall–Kier alpha value is -3.08. The van der Waals surface area contributed by atoms with E-state index in [0.29, 0.717) is 28.8 Å². The summed E-state index contributed by atoms with van der Waals surface area (Å²) in [6.45, 7) is 10.0. The number of rotatable bonds is 5. The molecule has 152 valence electrons. The molecule has 29 heavy (non-hydrogen) atoms. The summed E-state index contributed by atoms with van der Waals surface area (Å²) in [6.07, 6.45) is 1.93. The molecule has 2 aromatic carbocycles. The van der Waals surface area contributed by atoms with Gasteiger partial charge < -0.3 is 15.4 Å². The highest BCUT2D eigenvalue weighted by Crippen LogP contribution is 2.39. The van der Waals surface area contributed by atoms with Crippen molar-refractivity contribution in [1.82, 2.24) is 0 Å². The van der Waals surface area contributed by atoms with E-state index in [2.05, 4.69) is 50.5 Å². The maximum Gasteiger partial charge on any atom is 0.256 e. The fraction of sp³-hybridized carbons (Fsp3) is 0.333. The van der Waals surface area contributed by atoms with Crippen LogP contribution in [-0.2, 0) is 9.59 Å². The standard InChI is InChI=1S/C24H28N2O3/c1-13(2)19-9-16(10-20(14(3)4)23(19)29-6)11-21-18-8-7-17(25-15(5)27)12-22(18)26-24(21)28/h7-14H,1-6H3,(H,25,27)(H,26,28). The largest absolute Gasteiger partial charge is 0.496 e. The third-order valence-corrected chi connectivity index (χ3v) is 5.05. The summed E-state index contributed by atoms with van der Waals surface area (Å²) in [5, 5.41) is 5.64. The number of anilines is 2. The smallest absolute Gasteiger partial charge is 0.256 e. The van der Waals surface area contributed by atoms with E-state index >= 15 is 0 Å². The van der Waals surface area contributed by atoms with Crippen LogP contribution in [0.1, 0.15) is 68.7 Å². The van der Waals surface area contributed by atoms with Gasteiger partial charge in [-0.15, -0.1) is 0 Å². The first kappa shape index (κ1) is 20.6. The first-order valence-electron chi connectivity index (χ1n) is 9.88. The molecule has 2 aromatic rings. The molecule has 1 aliphatic rings. The molecule has 0 aromatic heterocycles. The topological polar surface area (TPSA) is 67.4 Å². The van der Waals surface area contributed by atoms with E-state index in [1.54, 1.807) is 13.2 Å². The molecular formula is C24H28N2O3. The summed E-state index contributed by atoms with van der Waals surface area (Å²) in [5.74, 6) is 1.23. The van der Waals surface area contributed by atoms with Crippen LogP contribution in [-0.4, -0.2) is 18.9 Å². The van der Waals surface area contributed by atoms with E-state index in [9.17, 15) is 9.59 Å². The van der Waals surface area contributed by atoms with Gasteiger partial charge in [-0.3, -0.25) is 9.59 Å². The van der Waals surface area contributed by atoms with E-state index in [1.807, 2.05) is 18.2 Å². The first-order chi connectivity index (χ1) is 13.7. The Balaban J connectivity index is 2.09. The number of methoxy groups -OCH3 is 1. The van der Waals surface area contributed by atoms with E-state index in [-0.39, 0.29) is 11.8 Å². The molecule has 2 amide bonds. The quantitative estimate of drug-likeness (QED) is 0.670. The van der Waals surface area contributed by atoms with Crippen molar-refractivity contribution in [2.45, 2.75) is 46.5 Å². The molecule has 0 saturated heterocycles. The van der Waals surface area contributed by atoms with Crippen LogP contribution in [0.15, 0.2) is 30.3 Å². The first-order valence-corrected chi connectivity index (χ1v) is 9.88. The highest BCUT2D eigenvalue weighted by atomic mass is 16.5. The van der Waals surface area contributed by atoms with E-state index in [4.69, 9.17) is 4.74 Å². The molecule has 0 unspecified atom stereocenters. The third-order valence-electron chi connectivity index (χ3n) is 5.05. The van der Waals surface area contributed by atoms with Crippen LogP contribution in [0.4, 0.5) is 11.4 Å². The Morgan fingerprint density at radius 2 is 1.69 bits per heavy atom. The fourth-order valence-corrected chi connectivity index (χ4v) is 3.66. The van der Waals surface area contributed by atoms with Gasteiger partial charge in [0.2, 0.25) is 5.91 Å². The van der Waals surface area contributed by atoms with Crippen molar-refractivity contribution in [2.24, 2.45) is 0 Å². The van der Waals surface area contributed by atoms with Crippen LogP contribution in [0.3, 0.4) is 0 Å². The van der Waals surface area contributed by atoms with Gasteiger partial charge in [-0.2, -0.15) is 0 Å². The Kier molecular flexibility index (Phi) is 5.78. The number of nitrogens with one attached hydrogen (secondary N) is 2. The highest BCUT2D eigenvalue weighted by Gasteiger charge is 2.25. The van der Waals surface area contributed by atoms with Crippen molar-refractivity contribution in [1.29, 1.82) is 0 Å². The predicted octanol–water partition coefficient (Wildman–Crippen LogP) is 5.39. The van der Waals surface area contributed by atoms with E-state index < -0.39 is 0 Å². The highest BCUT2D eigenvalue weighted by molar-refractivity contribution is 6.35. The molecule has 1 heterocycles. The second-order valence-corrected chi connectivity index (χ2v) is 8.00. The second kappa shape index (κ2) is 8.11. The van der Waals surface area contributed by atoms with Crippen molar-refractivity contribution < 1.29 is 14.3 Å². The number of ether oxygens (including phenoxy) is 1. The van der Waals surface area contributed by atoms with Crippen LogP contribution >= 0.6 is 0 Å². The molecule has 2 N–H and O–H groups in total. The van der Waals surface area contributed by atoms with Gasteiger partial charge in [0, 0.05) is 23.7 Å². The molecule has 0 saturated carbocycles. The number of carbonyl (C=O) groups excluding carboxylic acids is 2. The van der Waals surface area contributed by atoms with Gasteiger partial charge in [0.15, 0.2) is 0 Å². The normalized spacial score (nSPS) is 14.3. The summed E-state index contributed by atoms with van der Waals surface area (Å²) in [4.78, 5) is 23.9. The van der Waals surface area contributed by atoms with Crippen molar-refractivity contribution in [2.75, 3.05) is 17.7 Å². The summed E-state index contributed by atoms with van der Waals surface area (Å²) >= 11 is 0. The Labute approximate surface area is 172 Å². The van der Waals surface area contributed by atoms with Crippen molar-refractivity contribution in [3.05, 3.63) is 52.6 Å². The van der Waals surface area contributed by atoms with Crippen molar-refractivity contribution >= 4 is 34.8 Å². The lowest BCUT2D eigenvalue weighted by Gasteiger charge is -2.19. The Morgan fingerprint density at radius 3 is 2.21 bits per heavy atom. The number of carbonyl (C=O) groups is 2. The van der Waals surface area contributed by atoms with Crippen LogP contribution in [0, 0.1) is 0 Å². The SMILES string of the molecule is COc1c(C(C)C)cc(C=C2C(=O)Nc3cc(NC(C)=O)ccc32)cc1C(C)C. The maximum atomic E-state index is 12.6. The predicted molar refractivity (Wildman–Crippen MR) is 118 cm³/mol. The summed E-state index contributed by atoms with van der Waals surface area (Å²) in [6, 6.07) is 9.64. The van der Waals surface area contributed by atoms with Gasteiger partial charge in [-0.05, 0) is 58.9 Å². The number of hydrogen-bond donors (Lipinski definition) is 2. The van der Waals surface area contributed by atoms with Gasteiger partial charge in [-0.1, -0.05) is 33.8 Å². The lowest BCUT2D eigenvalue weighted by atomic mass is 9.90. The molecule has 0 radical (unpaired) electrons. The lowest BCUT2D eigenvalue weighted by molar-refractivity contribution is -0.114. The molecule has 5 nitrogen and oxygen atoms in total. The van der Waals surface area contributed by atoms with Crippen LogP contribution < -0.4 is 15.4 Å². The molecule has 5 heteroatoms. The molecule has 1 aliphatic heterocycles. The second-order valence-electron chi connectivity index (χ2n) is 8.00. The zero-order valence-electron chi connectivity index (χ0n) is 17.8. The van der Waals surface area contributed by atoms with Crippen molar-refractivity contribution in [3.63, 3.8) is 0 Å². The minimum absolute atomic E-state index is 0.145. The summed E-state index contributed by atoms with van der Waals surface area (Å²) in [5.41, 5.74) is 6.04. The summed E-state index contributed by atoms with van der Waals surface area (Å²) in [7, 11) is 1.71. The Bertz CT molecular complexity index is 974. The lowest BCUT2D eigenvalue weighted by Crippen LogP contribution is -2.06. The fourth-order valence-electron chi connectivity index (χ4n) is 3.66. The van der Waals surface area contributed by atoms with E-state index in [0.717, 1.165) is 28.0 Å². The maximum absolute atomic E-state index is 12.6. The molecule has 0 aliphatic carbocycles. The number of hydrogen-bond acceptors (Lipinski definition) is 3. The molecule has 0 spiro atoms. The number of fused-ring (bicyclic) bond motifs is 1. The zero-order chi connectivity index (χ0) is 21.3. The van der Waals surface area contributed by atoms with Gasteiger partial charge in [-0.25, -0.2) is 0 Å². The van der Waals surface area contributed by atoms with Crippen LogP contribution in [0.25, 0.3) is 11.6 Å². The van der Waals surface area contributed by atoms with E-state index in [1.165, 1.54) is 6.92 Å². The third kappa shape index (κ3) is 4.19. The average Bonchev–Trinajstić information content (AvgIpc) is 2.94. The van der Waals surface area contributed by atoms with Gasteiger partial charge in [0.1, 0.15) is 5.75 Å². The van der Waals surface area contributed by atoms with Crippen molar-refractivity contribution in [3.8, 4) is 5.75 Å². The molecule has 3 rings (SSSR count). The Morgan fingerprint density at radius 1 is 1.07 bits per heavy atom. The molecule has 0 bridgehead atoms. The van der Waals surface area contributed by atoms with Gasteiger partial charge in [0.05, 0.1) is 12.8 Å². The zero-order valence-corrected chi connectivity index (χ0v) is 17.8. The minimum Gasteiger partial charge on any atom is -0.496 e. The number of benzene rings is 2. The monoisotopic (exact) mass is 392 g/mol.